The van der Waals surface area contributed by atoms with Crippen LogP contribution in [0, 0.1) is 0 Å². The van der Waals surface area contributed by atoms with Crippen LogP contribution in [0.1, 0.15) is 18.9 Å². The number of nitrogens with zero attached hydrogens (tertiary/aromatic N) is 1. The molecule has 2 rings (SSSR count). The van der Waals surface area contributed by atoms with E-state index in [-0.39, 0.29) is 0 Å². The smallest absolute Gasteiger partial charge is 0.173 e. The van der Waals surface area contributed by atoms with Crippen molar-refractivity contribution in [3.8, 4) is 11.3 Å². The molecule has 0 aliphatic carbocycles. The predicted molar refractivity (Wildman–Crippen MR) is 73.1 cm³/mol. The number of benzene rings is 1. The van der Waals surface area contributed by atoms with Crippen LogP contribution in [0.3, 0.4) is 0 Å². The minimum Gasteiger partial charge on any atom is -0.381 e. The lowest BCUT2D eigenvalue weighted by molar-refractivity contribution is 0.434. The van der Waals surface area contributed by atoms with Crippen molar-refractivity contribution in [2.24, 2.45) is 0 Å². The highest BCUT2D eigenvalue weighted by molar-refractivity contribution is 9.10. The summed E-state index contributed by atoms with van der Waals surface area (Å²) in [5, 5.41) is 4.47. The lowest BCUT2D eigenvalue weighted by Gasteiger charge is -2.04. The molecular formula is C12H12BrClN2O. The minimum atomic E-state index is 0.453. The summed E-state index contributed by atoms with van der Waals surface area (Å²) < 4.78 is 6.22. The van der Waals surface area contributed by atoms with Crippen molar-refractivity contribution in [1.82, 2.24) is 5.16 Å². The predicted octanol–water partition coefficient (Wildman–Crippen LogP) is 4.29. The average molecular weight is 316 g/mol. The largest absolute Gasteiger partial charge is 0.381 e. The molecule has 0 unspecified atom stereocenters. The third-order valence-corrected chi connectivity index (χ3v) is 3.42. The molecule has 0 amide bonds. The molecule has 0 aliphatic rings. The Balaban J connectivity index is 2.56. The van der Waals surface area contributed by atoms with Crippen LogP contribution in [0.15, 0.2) is 27.2 Å². The van der Waals surface area contributed by atoms with Gasteiger partial charge in [0.25, 0.3) is 0 Å². The quantitative estimate of drug-likeness (QED) is 0.919. The van der Waals surface area contributed by atoms with Crippen LogP contribution >= 0.6 is 27.5 Å². The van der Waals surface area contributed by atoms with E-state index in [1.807, 2.05) is 18.2 Å². The third-order valence-electron chi connectivity index (χ3n) is 2.49. The Morgan fingerprint density at radius 1 is 1.47 bits per heavy atom. The Morgan fingerprint density at radius 3 is 2.94 bits per heavy atom. The molecule has 0 saturated carbocycles. The zero-order valence-corrected chi connectivity index (χ0v) is 11.7. The molecule has 2 aromatic rings. The first-order chi connectivity index (χ1) is 8.13. The Morgan fingerprint density at radius 2 is 2.24 bits per heavy atom. The monoisotopic (exact) mass is 314 g/mol. The van der Waals surface area contributed by atoms with E-state index in [4.69, 9.17) is 21.9 Å². The molecule has 90 valence electrons. The molecule has 1 aromatic carbocycles. The Kier molecular flexibility index (Phi) is 3.74. The van der Waals surface area contributed by atoms with E-state index >= 15 is 0 Å². The van der Waals surface area contributed by atoms with E-state index in [2.05, 4.69) is 28.0 Å². The molecule has 3 nitrogen and oxygen atoms in total. The van der Waals surface area contributed by atoms with Crippen molar-refractivity contribution in [2.75, 3.05) is 5.73 Å². The van der Waals surface area contributed by atoms with Crippen molar-refractivity contribution < 1.29 is 4.52 Å². The van der Waals surface area contributed by atoms with Gasteiger partial charge in [-0.15, -0.1) is 0 Å². The summed E-state index contributed by atoms with van der Waals surface area (Å²) >= 11 is 9.46. The van der Waals surface area contributed by atoms with Crippen molar-refractivity contribution >= 4 is 33.3 Å². The molecule has 1 heterocycles. The second kappa shape index (κ2) is 5.10. The van der Waals surface area contributed by atoms with Crippen LogP contribution in [-0.4, -0.2) is 5.16 Å². The molecule has 5 heteroatoms. The minimum absolute atomic E-state index is 0.453. The summed E-state index contributed by atoms with van der Waals surface area (Å²) in [6, 6.07) is 5.53. The van der Waals surface area contributed by atoms with Crippen LogP contribution in [0.2, 0.25) is 5.02 Å². The average Bonchev–Trinajstić information content (AvgIpc) is 2.65. The fourth-order valence-corrected chi connectivity index (χ4v) is 2.29. The van der Waals surface area contributed by atoms with Gasteiger partial charge in [0.15, 0.2) is 11.6 Å². The molecule has 17 heavy (non-hydrogen) atoms. The Hall–Kier alpha value is -1.000. The number of halogens is 2. The Labute approximate surface area is 113 Å². The number of nitrogens with two attached hydrogens (primary N) is 1. The maximum atomic E-state index is 5.99. The van der Waals surface area contributed by atoms with Crippen LogP contribution in [0.4, 0.5) is 5.82 Å². The summed E-state index contributed by atoms with van der Waals surface area (Å²) in [4.78, 5) is 0. The number of rotatable bonds is 3. The normalized spacial score (nSPS) is 10.8. The van der Waals surface area contributed by atoms with Gasteiger partial charge in [0, 0.05) is 20.6 Å². The second-order valence-electron chi connectivity index (χ2n) is 3.75. The standard InChI is InChI=1S/C12H12BrClN2O/c1-2-3-8-11(17-16-12(8)15)9-6-7(14)4-5-10(9)13/h4-6H,2-3H2,1H3,(H2,15,16). The van der Waals surface area contributed by atoms with Gasteiger partial charge in [-0.25, -0.2) is 0 Å². The zero-order valence-electron chi connectivity index (χ0n) is 9.34. The van der Waals surface area contributed by atoms with Gasteiger partial charge in [0.1, 0.15) is 0 Å². The molecule has 0 atom stereocenters. The third kappa shape index (κ3) is 2.48. The first-order valence-corrected chi connectivity index (χ1v) is 6.50. The highest BCUT2D eigenvalue weighted by atomic mass is 79.9. The highest BCUT2D eigenvalue weighted by Crippen LogP contribution is 2.35. The molecule has 1 aromatic heterocycles. The van der Waals surface area contributed by atoms with Gasteiger partial charge in [-0.05, 0) is 24.6 Å². The molecule has 0 bridgehead atoms. The summed E-state index contributed by atoms with van der Waals surface area (Å²) in [6.45, 7) is 2.09. The fourth-order valence-electron chi connectivity index (χ4n) is 1.70. The lowest BCUT2D eigenvalue weighted by atomic mass is 10.1. The highest BCUT2D eigenvalue weighted by Gasteiger charge is 2.17. The molecule has 0 saturated heterocycles. The van der Waals surface area contributed by atoms with Crippen molar-refractivity contribution in [3.63, 3.8) is 0 Å². The van der Waals surface area contributed by atoms with Crippen LogP contribution in [0.25, 0.3) is 11.3 Å². The van der Waals surface area contributed by atoms with E-state index in [1.165, 1.54) is 0 Å². The van der Waals surface area contributed by atoms with Crippen molar-refractivity contribution in [1.29, 1.82) is 0 Å². The zero-order chi connectivity index (χ0) is 12.4. The van der Waals surface area contributed by atoms with Crippen molar-refractivity contribution in [2.45, 2.75) is 19.8 Å². The van der Waals surface area contributed by atoms with Gasteiger partial charge in [-0.1, -0.05) is 46.0 Å². The van der Waals surface area contributed by atoms with E-state index in [0.29, 0.717) is 16.6 Å². The number of aromatic nitrogens is 1. The maximum Gasteiger partial charge on any atom is 0.173 e. The SMILES string of the molecule is CCCc1c(N)noc1-c1cc(Cl)ccc1Br. The van der Waals surface area contributed by atoms with E-state index < -0.39 is 0 Å². The molecular weight excluding hydrogens is 304 g/mol. The van der Waals surface area contributed by atoms with Gasteiger partial charge in [0.05, 0.1) is 0 Å². The first-order valence-electron chi connectivity index (χ1n) is 5.33. The van der Waals surface area contributed by atoms with E-state index in [1.54, 1.807) is 0 Å². The number of hydrogen-bond donors (Lipinski definition) is 1. The van der Waals surface area contributed by atoms with Crippen LogP contribution in [-0.2, 0) is 6.42 Å². The lowest BCUT2D eigenvalue weighted by Crippen LogP contribution is -1.93. The van der Waals surface area contributed by atoms with Gasteiger partial charge < -0.3 is 10.3 Å². The van der Waals surface area contributed by atoms with Crippen LogP contribution in [0.5, 0.6) is 0 Å². The molecule has 0 aliphatic heterocycles. The summed E-state index contributed by atoms with van der Waals surface area (Å²) in [5.74, 6) is 1.15. The van der Waals surface area contributed by atoms with E-state index in [0.717, 1.165) is 28.4 Å². The fraction of sp³-hybridized carbons (Fsp3) is 0.250. The molecule has 2 N–H and O–H groups in total. The van der Waals surface area contributed by atoms with Gasteiger partial charge in [-0.2, -0.15) is 0 Å². The maximum absolute atomic E-state index is 5.99. The molecule has 0 spiro atoms. The summed E-state index contributed by atoms with van der Waals surface area (Å²) in [6.07, 6.45) is 1.82. The second-order valence-corrected chi connectivity index (χ2v) is 5.04. The van der Waals surface area contributed by atoms with Gasteiger partial charge in [-0.3, -0.25) is 0 Å². The topological polar surface area (TPSA) is 52.0 Å². The number of nitrogen functional groups attached to an aromatic ring is 1. The van der Waals surface area contributed by atoms with E-state index in [9.17, 15) is 0 Å². The molecule has 0 radical (unpaired) electrons. The van der Waals surface area contributed by atoms with Gasteiger partial charge >= 0.3 is 0 Å². The number of anilines is 1. The molecule has 0 fully saturated rings. The first kappa shape index (κ1) is 12.5. The summed E-state index contributed by atoms with van der Waals surface area (Å²) in [5.41, 5.74) is 7.62. The van der Waals surface area contributed by atoms with Gasteiger partial charge in [0.2, 0.25) is 0 Å². The number of hydrogen-bond acceptors (Lipinski definition) is 3. The summed E-state index contributed by atoms with van der Waals surface area (Å²) in [7, 11) is 0. The van der Waals surface area contributed by atoms with Crippen molar-refractivity contribution in [3.05, 3.63) is 33.3 Å². The van der Waals surface area contributed by atoms with Crippen LogP contribution < -0.4 is 5.73 Å². The Bertz CT molecular complexity index is 539.